The Hall–Kier alpha value is -2.32. The summed E-state index contributed by atoms with van der Waals surface area (Å²) in [6, 6.07) is 0.862. The maximum Gasteiger partial charge on any atom is 0.435 e. The van der Waals surface area contributed by atoms with E-state index in [-0.39, 0.29) is 12.3 Å². The summed E-state index contributed by atoms with van der Waals surface area (Å²) in [6.45, 7) is 4.03. The number of alkyl halides is 3. The van der Waals surface area contributed by atoms with Gasteiger partial charge in [0.25, 0.3) is 0 Å². The van der Waals surface area contributed by atoms with Gasteiger partial charge < -0.3 is 4.74 Å². The van der Waals surface area contributed by atoms with Gasteiger partial charge in [-0.05, 0) is 19.4 Å². The Kier molecular flexibility index (Phi) is 4.76. The summed E-state index contributed by atoms with van der Waals surface area (Å²) >= 11 is 0. The Balaban J connectivity index is 2.06. The molecule has 0 radical (unpaired) electrons. The molecule has 2 aromatic rings. The molecule has 0 saturated heterocycles. The lowest BCUT2D eigenvalue weighted by atomic mass is 10.3. The normalized spacial score (nSPS) is 11.7. The SMILES string of the molecule is CCCn1cc(C(=O)OCc2cc(C(F)(F)F)nn2C)c(C)n1. The van der Waals surface area contributed by atoms with E-state index in [1.54, 1.807) is 17.8 Å². The van der Waals surface area contributed by atoms with Crippen molar-refractivity contribution in [1.82, 2.24) is 19.6 Å². The highest BCUT2D eigenvalue weighted by molar-refractivity contribution is 5.90. The fourth-order valence-corrected chi connectivity index (χ4v) is 2.06. The molecule has 0 fully saturated rings. The van der Waals surface area contributed by atoms with Crippen LogP contribution in [0.15, 0.2) is 12.3 Å². The zero-order valence-corrected chi connectivity index (χ0v) is 13.0. The smallest absolute Gasteiger partial charge is 0.435 e. The van der Waals surface area contributed by atoms with E-state index in [9.17, 15) is 18.0 Å². The van der Waals surface area contributed by atoms with Gasteiger partial charge in [0.2, 0.25) is 0 Å². The lowest BCUT2D eigenvalue weighted by molar-refractivity contribution is -0.141. The van der Waals surface area contributed by atoms with Crippen molar-refractivity contribution in [3.05, 3.63) is 34.9 Å². The van der Waals surface area contributed by atoms with Crippen LogP contribution >= 0.6 is 0 Å². The van der Waals surface area contributed by atoms with Gasteiger partial charge in [0, 0.05) is 19.8 Å². The highest BCUT2D eigenvalue weighted by Gasteiger charge is 2.34. The number of ether oxygens (including phenoxy) is 1. The van der Waals surface area contributed by atoms with Crippen LogP contribution in [0.3, 0.4) is 0 Å². The van der Waals surface area contributed by atoms with E-state index < -0.39 is 17.8 Å². The number of hydrogen-bond donors (Lipinski definition) is 0. The van der Waals surface area contributed by atoms with Crippen LogP contribution in [0.2, 0.25) is 0 Å². The van der Waals surface area contributed by atoms with Crippen molar-refractivity contribution in [2.24, 2.45) is 7.05 Å². The first-order chi connectivity index (χ1) is 10.7. The van der Waals surface area contributed by atoms with E-state index in [4.69, 9.17) is 4.74 Å². The van der Waals surface area contributed by atoms with Crippen molar-refractivity contribution >= 4 is 5.97 Å². The van der Waals surface area contributed by atoms with Gasteiger partial charge in [-0.2, -0.15) is 23.4 Å². The molecule has 0 aromatic carbocycles. The van der Waals surface area contributed by atoms with E-state index in [1.165, 1.54) is 7.05 Å². The molecule has 0 aliphatic heterocycles. The molecule has 0 N–H and O–H groups in total. The lowest BCUT2D eigenvalue weighted by Crippen LogP contribution is -2.08. The number of halogens is 3. The van der Waals surface area contributed by atoms with Crippen molar-refractivity contribution < 1.29 is 22.7 Å². The number of carbonyl (C=O) groups excluding carboxylic acids is 1. The molecule has 0 amide bonds. The maximum atomic E-state index is 12.6. The minimum absolute atomic E-state index is 0.157. The lowest BCUT2D eigenvalue weighted by Gasteiger charge is -2.04. The molecule has 0 atom stereocenters. The fraction of sp³-hybridized carbons (Fsp3) is 0.500. The largest absolute Gasteiger partial charge is 0.456 e. The number of hydrogen-bond acceptors (Lipinski definition) is 4. The summed E-state index contributed by atoms with van der Waals surface area (Å²) < 4.78 is 45.5. The van der Waals surface area contributed by atoms with Gasteiger partial charge in [0.05, 0.1) is 11.4 Å². The van der Waals surface area contributed by atoms with Crippen molar-refractivity contribution in [2.75, 3.05) is 0 Å². The van der Waals surface area contributed by atoms with Crippen LogP contribution in [0.25, 0.3) is 0 Å². The third kappa shape index (κ3) is 3.91. The third-order valence-electron chi connectivity index (χ3n) is 3.24. The van der Waals surface area contributed by atoms with Crippen LogP contribution in [-0.4, -0.2) is 25.5 Å². The number of aromatic nitrogens is 4. The van der Waals surface area contributed by atoms with E-state index >= 15 is 0 Å². The molecule has 23 heavy (non-hydrogen) atoms. The molecule has 9 heteroatoms. The van der Waals surface area contributed by atoms with Crippen molar-refractivity contribution in [3.8, 4) is 0 Å². The molecular formula is C14H17F3N4O2. The van der Waals surface area contributed by atoms with Crippen LogP contribution in [0.4, 0.5) is 13.2 Å². The number of aryl methyl sites for hydroxylation is 3. The van der Waals surface area contributed by atoms with Gasteiger partial charge in [-0.1, -0.05) is 6.92 Å². The van der Waals surface area contributed by atoms with E-state index in [2.05, 4.69) is 10.2 Å². The number of carbonyl (C=O) groups is 1. The summed E-state index contributed by atoms with van der Waals surface area (Å²) in [6.07, 6.45) is -2.09. The molecular weight excluding hydrogens is 313 g/mol. The maximum absolute atomic E-state index is 12.6. The molecule has 0 saturated carbocycles. The second-order valence-corrected chi connectivity index (χ2v) is 5.11. The average Bonchev–Trinajstić information content (AvgIpc) is 2.99. The minimum Gasteiger partial charge on any atom is -0.456 e. The van der Waals surface area contributed by atoms with Crippen LogP contribution in [0.1, 0.15) is 40.8 Å². The summed E-state index contributed by atoms with van der Waals surface area (Å²) in [5.41, 5.74) is -0.0385. The standard InChI is InChI=1S/C14H17F3N4O2/c1-4-5-21-7-11(9(2)18-21)13(22)23-8-10-6-12(14(15,16)17)19-20(10)3/h6-7H,4-5,8H2,1-3H3. The van der Waals surface area contributed by atoms with E-state index in [0.717, 1.165) is 17.2 Å². The quantitative estimate of drug-likeness (QED) is 0.791. The van der Waals surface area contributed by atoms with Crippen molar-refractivity contribution in [3.63, 3.8) is 0 Å². The first kappa shape index (κ1) is 17.0. The number of esters is 1. The van der Waals surface area contributed by atoms with Crippen molar-refractivity contribution in [1.29, 1.82) is 0 Å². The number of nitrogens with zero attached hydrogens (tertiary/aromatic N) is 4. The van der Waals surface area contributed by atoms with Crippen LogP contribution in [0.5, 0.6) is 0 Å². The van der Waals surface area contributed by atoms with Crippen LogP contribution in [-0.2, 0) is 31.1 Å². The van der Waals surface area contributed by atoms with Gasteiger partial charge in [-0.3, -0.25) is 9.36 Å². The minimum atomic E-state index is -4.53. The third-order valence-corrected chi connectivity index (χ3v) is 3.24. The Morgan fingerprint density at radius 3 is 2.61 bits per heavy atom. The molecule has 126 valence electrons. The van der Waals surface area contributed by atoms with Crippen LogP contribution in [0, 0.1) is 6.92 Å². The average molecular weight is 330 g/mol. The molecule has 0 bridgehead atoms. The van der Waals surface area contributed by atoms with Gasteiger partial charge in [0.1, 0.15) is 12.2 Å². The van der Waals surface area contributed by atoms with E-state index in [0.29, 0.717) is 17.8 Å². The zero-order chi connectivity index (χ0) is 17.2. The molecule has 6 nitrogen and oxygen atoms in total. The van der Waals surface area contributed by atoms with Gasteiger partial charge in [-0.15, -0.1) is 0 Å². The highest BCUT2D eigenvalue weighted by Crippen LogP contribution is 2.28. The van der Waals surface area contributed by atoms with E-state index in [1.807, 2.05) is 6.92 Å². The van der Waals surface area contributed by atoms with Gasteiger partial charge in [0.15, 0.2) is 5.69 Å². The summed E-state index contributed by atoms with van der Waals surface area (Å²) in [4.78, 5) is 12.0. The van der Waals surface area contributed by atoms with Crippen LogP contribution < -0.4 is 0 Å². The molecule has 2 rings (SSSR count). The molecule has 0 unspecified atom stereocenters. The Labute approximate surface area is 130 Å². The zero-order valence-electron chi connectivity index (χ0n) is 13.0. The second kappa shape index (κ2) is 6.43. The predicted molar refractivity (Wildman–Crippen MR) is 74.6 cm³/mol. The van der Waals surface area contributed by atoms with Gasteiger partial charge >= 0.3 is 12.1 Å². The predicted octanol–water partition coefficient (Wildman–Crippen LogP) is 2.71. The second-order valence-electron chi connectivity index (χ2n) is 5.11. The topological polar surface area (TPSA) is 61.9 Å². The Morgan fingerprint density at radius 2 is 2.04 bits per heavy atom. The first-order valence-corrected chi connectivity index (χ1v) is 7.03. The summed E-state index contributed by atoms with van der Waals surface area (Å²) in [7, 11) is 1.36. The van der Waals surface area contributed by atoms with Crippen molar-refractivity contribution in [2.45, 2.75) is 39.6 Å². The van der Waals surface area contributed by atoms with Gasteiger partial charge in [-0.25, -0.2) is 4.79 Å². The molecule has 0 aliphatic carbocycles. The molecule has 2 heterocycles. The molecule has 0 aliphatic rings. The monoisotopic (exact) mass is 330 g/mol. The summed E-state index contributed by atoms with van der Waals surface area (Å²) in [5, 5.41) is 7.54. The number of rotatable bonds is 5. The summed E-state index contributed by atoms with van der Waals surface area (Å²) in [5.74, 6) is -0.625. The Morgan fingerprint density at radius 1 is 1.35 bits per heavy atom. The molecule has 0 spiro atoms. The fourth-order valence-electron chi connectivity index (χ4n) is 2.06. The first-order valence-electron chi connectivity index (χ1n) is 7.03. The molecule has 2 aromatic heterocycles. The highest BCUT2D eigenvalue weighted by atomic mass is 19.4. The Bertz CT molecular complexity index is 703.